The second-order valence-electron chi connectivity index (χ2n) is 3.94. The number of hydrogen-bond acceptors (Lipinski definition) is 1. The highest BCUT2D eigenvalue weighted by Crippen LogP contribution is 2.19. The van der Waals surface area contributed by atoms with E-state index in [0.29, 0.717) is 23.6 Å². The molecule has 0 unspecified atom stereocenters. The summed E-state index contributed by atoms with van der Waals surface area (Å²) in [5.74, 6) is 6.24. The van der Waals surface area contributed by atoms with Gasteiger partial charge in [0.2, 0.25) is 0 Å². The third-order valence-corrected chi connectivity index (χ3v) is 2.79. The Balaban J connectivity index is 2.76. The summed E-state index contributed by atoms with van der Waals surface area (Å²) < 4.78 is 19.4. The number of alkyl halides is 1. The normalized spacial score (nSPS) is 10.1. The molecule has 3 heteroatoms. The minimum absolute atomic E-state index is 0.137. The molecular weight excluding hydrogens is 251 g/mol. The highest BCUT2D eigenvalue weighted by atomic mass is 35.5. The monoisotopic (exact) mass is 268 g/mol. The molecule has 0 amide bonds. The molecule has 0 aliphatic rings. The lowest BCUT2D eigenvalue weighted by molar-refractivity contribution is 0.192. The van der Waals surface area contributed by atoms with Crippen molar-refractivity contribution in [2.75, 3.05) is 5.88 Å². The number of hydrogen-bond donors (Lipinski definition) is 0. The Hall–Kier alpha value is -1.20. The molecule has 0 bridgehead atoms. The molecule has 0 atom stereocenters. The molecule has 0 saturated carbocycles. The maximum atomic E-state index is 13.7. The van der Waals surface area contributed by atoms with E-state index >= 15 is 0 Å². The van der Waals surface area contributed by atoms with Crippen LogP contribution in [0.1, 0.15) is 38.7 Å². The molecular formula is C15H18ClFO. The molecule has 0 heterocycles. The van der Waals surface area contributed by atoms with Crippen LogP contribution in [0.4, 0.5) is 4.39 Å². The molecule has 0 fully saturated rings. The molecule has 1 rings (SSSR count). The van der Waals surface area contributed by atoms with Crippen LogP contribution >= 0.6 is 11.6 Å². The first-order valence-electron chi connectivity index (χ1n) is 6.22. The number of halogens is 2. The number of rotatable bonds is 5. The van der Waals surface area contributed by atoms with Crippen molar-refractivity contribution in [1.82, 2.24) is 0 Å². The first-order chi connectivity index (χ1) is 8.71. The summed E-state index contributed by atoms with van der Waals surface area (Å²) in [5, 5.41) is 0. The van der Waals surface area contributed by atoms with Crippen molar-refractivity contribution in [3.8, 4) is 17.6 Å². The predicted octanol–water partition coefficient (Wildman–Crippen LogP) is 4.37. The van der Waals surface area contributed by atoms with Crippen LogP contribution in [-0.4, -0.2) is 12.0 Å². The summed E-state index contributed by atoms with van der Waals surface area (Å²) in [6.45, 7) is 4.10. The highest BCUT2D eigenvalue weighted by Gasteiger charge is 2.07. The summed E-state index contributed by atoms with van der Waals surface area (Å²) in [6, 6.07) is 4.80. The average Bonchev–Trinajstić information content (AvgIpc) is 2.38. The Morgan fingerprint density at radius 2 is 2.06 bits per heavy atom. The molecule has 0 aliphatic heterocycles. The first kappa shape index (κ1) is 14.9. The second-order valence-corrected chi connectivity index (χ2v) is 4.32. The van der Waals surface area contributed by atoms with Gasteiger partial charge in [-0.1, -0.05) is 25.7 Å². The van der Waals surface area contributed by atoms with E-state index in [2.05, 4.69) is 25.7 Å². The Morgan fingerprint density at radius 1 is 1.33 bits per heavy atom. The SMILES string of the molecule is CCC(CC)Oc1ccc(C#CCCCl)c(F)c1. The molecule has 0 N–H and O–H groups in total. The van der Waals surface area contributed by atoms with Crippen molar-refractivity contribution < 1.29 is 9.13 Å². The Kier molecular flexibility index (Phi) is 6.60. The molecule has 0 aromatic heterocycles. The van der Waals surface area contributed by atoms with E-state index in [1.54, 1.807) is 12.1 Å². The summed E-state index contributed by atoms with van der Waals surface area (Å²) >= 11 is 5.51. The van der Waals surface area contributed by atoms with Gasteiger partial charge in [0.25, 0.3) is 0 Å². The quantitative estimate of drug-likeness (QED) is 0.569. The minimum Gasteiger partial charge on any atom is -0.490 e. The standard InChI is InChI=1S/C15H18ClFO/c1-3-13(4-2)18-14-9-8-12(15(17)11-14)7-5-6-10-16/h8-9,11,13H,3-4,6,10H2,1-2H3. The van der Waals surface area contributed by atoms with Gasteiger partial charge in [-0.3, -0.25) is 0 Å². The van der Waals surface area contributed by atoms with Gasteiger partial charge in [0.1, 0.15) is 11.6 Å². The summed E-state index contributed by atoms with van der Waals surface area (Å²) in [5.41, 5.74) is 0.386. The van der Waals surface area contributed by atoms with Crippen molar-refractivity contribution >= 4 is 11.6 Å². The van der Waals surface area contributed by atoms with Crippen LogP contribution in [0.3, 0.4) is 0 Å². The van der Waals surface area contributed by atoms with Crippen LogP contribution in [0.15, 0.2) is 18.2 Å². The van der Waals surface area contributed by atoms with E-state index in [1.807, 2.05) is 0 Å². The largest absolute Gasteiger partial charge is 0.490 e. The third kappa shape index (κ3) is 4.58. The van der Waals surface area contributed by atoms with Crippen LogP contribution in [0, 0.1) is 17.7 Å². The van der Waals surface area contributed by atoms with Crippen molar-refractivity contribution in [2.45, 2.75) is 39.2 Å². The minimum atomic E-state index is -0.347. The molecule has 1 aromatic carbocycles. The fourth-order valence-corrected chi connectivity index (χ4v) is 1.62. The zero-order valence-electron chi connectivity index (χ0n) is 10.8. The number of benzene rings is 1. The predicted molar refractivity (Wildman–Crippen MR) is 73.6 cm³/mol. The Bertz CT molecular complexity index is 430. The Morgan fingerprint density at radius 3 is 2.61 bits per heavy atom. The third-order valence-electron chi connectivity index (χ3n) is 2.60. The van der Waals surface area contributed by atoms with E-state index in [0.717, 1.165) is 12.8 Å². The lowest BCUT2D eigenvalue weighted by Crippen LogP contribution is -2.13. The fourth-order valence-electron chi connectivity index (χ4n) is 1.52. The van der Waals surface area contributed by atoms with Crippen molar-refractivity contribution in [2.24, 2.45) is 0 Å². The Labute approximate surface area is 113 Å². The van der Waals surface area contributed by atoms with Crippen molar-refractivity contribution in [1.29, 1.82) is 0 Å². The van der Waals surface area contributed by atoms with Gasteiger partial charge >= 0.3 is 0 Å². The molecule has 1 aromatic rings. The van der Waals surface area contributed by atoms with Crippen molar-refractivity contribution in [3.05, 3.63) is 29.6 Å². The smallest absolute Gasteiger partial charge is 0.142 e. The fraction of sp³-hybridized carbons (Fsp3) is 0.467. The highest BCUT2D eigenvalue weighted by molar-refractivity contribution is 6.18. The molecule has 98 valence electrons. The lowest BCUT2D eigenvalue weighted by atomic mass is 10.2. The molecule has 0 radical (unpaired) electrons. The summed E-state index contributed by atoms with van der Waals surface area (Å²) in [4.78, 5) is 0. The van der Waals surface area contributed by atoms with Gasteiger partial charge in [0.05, 0.1) is 11.7 Å². The van der Waals surface area contributed by atoms with Gasteiger partial charge in [0, 0.05) is 18.4 Å². The van der Waals surface area contributed by atoms with Crippen LogP contribution in [0.5, 0.6) is 5.75 Å². The summed E-state index contributed by atoms with van der Waals surface area (Å²) in [7, 11) is 0. The topological polar surface area (TPSA) is 9.23 Å². The molecule has 0 saturated heterocycles. The molecule has 0 spiro atoms. The lowest BCUT2D eigenvalue weighted by Gasteiger charge is -2.15. The van der Waals surface area contributed by atoms with E-state index in [1.165, 1.54) is 6.07 Å². The maximum absolute atomic E-state index is 13.7. The van der Waals surface area contributed by atoms with Gasteiger partial charge in [0.15, 0.2) is 0 Å². The van der Waals surface area contributed by atoms with E-state index in [4.69, 9.17) is 16.3 Å². The molecule has 18 heavy (non-hydrogen) atoms. The average molecular weight is 269 g/mol. The van der Waals surface area contributed by atoms with E-state index in [9.17, 15) is 4.39 Å². The summed E-state index contributed by atoms with van der Waals surface area (Å²) in [6.07, 6.45) is 2.52. The maximum Gasteiger partial charge on any atom is 0.142 e. The van der Waals surface area contributed by atoms with Crippen molar-refractivity contribution in [3.63, 3.8) is 0 Å². The van der Waals surface area contributed by atoms with E-state index < -0.39 is 0 Å². The van der Waals surface area contributed by atoms with Gasteiger partial charge in [-0.2, -0.15) is 0 Å². The van der Waals surface area contributed by atoms with Gasteiger partial charge in [-0.25, -0.2) is 4.39 Å². The van der Waals surface area contributed by atoms with Gasteiger partial charge < -0.3 is 4.74 Å². The number of ether oxygens (including phenoxy) is 1. The zero-order chi connectivity index (χ0) is 13.4. The zero-order valence-corrected chi connectivity index (χ0v) is 11.6. The van der Waals surface area contributed by atoms with Gasteiger partial charge in [-0.05, 0) is 25.0 Å². The van der Waals surface area contributed by atoms with Crippen LogP contribution < -0.4 is 4.74 Å². The van der Waals surface area contributed by atoms with Crippen LogP contribution in [0.25, 0.3) is 0 Å². The van der Waals surface area contributed by atoms with Crippen LogP contribution in [0.2, 0.25) is 0 Å². The molecule has 1 nitrogen and oxygen atoms in total. The van der Waals surface area contributed by atoms with Crippen LogP contribution in [-0.2, 0) is 0 Å². The van der Waals surface area contributed by atoms with Gasteiger partial charge in [-0.15, -0.1) is 11.6 Å². The molecule has 0 aliphatic carbocycles. The second kappa shape index (κ2) is 8.00. The van der Waals surface area contributed by atoms with E-state index in [-0.39, 0.29) is 11.9 Å². The first-order valence-corrected chi connectivity index (χ1v) is 6.75.